The van der Waals surface area contributed by atoms with Crippen molar-refractivity contribution >= 4 is 146 Å². The van der Waals surface area contributed by atoms with Gasteiger partial charge in [0.15, 0.2) is 23.1 Å². The Morgan fingerprint density at radius 2 is 0.965 bits per heavy atom. The van der Waals surface area contributed by atoms with E-state index >= 15 is 0 Å². The fraction of sp³-hybridized carbons (Fsp3) is 0. The minimum Gasteiger partial charge on any atom is -0.457 e. The molecule has 0 atom stereocenters. The molecule has 0 aliphatic rings. The Morgan fingerprint density at radius 3 is 1.67 bits per heavy atom. The smallest absolute Gasteiger partial charge is 0.164 e. The van der Waals surface area contributed by atoms with Crippen LogP contribution in [0.4, 0.5) is 0 Å². The van der Waals surface area contributed by atoms with Crippen LogP contribution in [0.3, 0.4) is 0 Å². The van der Waals surface area contributed by atoms with Gasteiger partial charge in [0.2, 0.25) is 0 Å². The van der Waals surface area contributed by atoms with E-state index in [4.69, 9.17) is 23.8 Å². The molecular weight excluding hydrogens is 693 g/mol. The van der Waals surface area contributed by atoms with Gasteiger partial charge in [-0.05, 0) is 23.7 Å². The number of rotatable bonds is 4. The minimum atomic E-state index is 0.633. The van der Waals surface area contributed by atoms with Crippen molar-refractivity contribution in [3.8, 4) is 39.9 Å². The summed E-state index contributed by atoms with van der Waals surface area (Å²) in [4.78, 5) is 15.2. The molecule has 4 aromatic heterocycles. The molecule has 57 heavy (non-hydrogen) atoms. The lowest BCUT2D eigenvalue weighted by Gasteiger charge is -2.19. The van der Waals surface area contributed by atoms with Crippen LogP contribution in [-0.2, 0) is 0 Å². The van der Waals surface area contributed by atoms with Crippen molar-refractivity contribution < 1.29 is 8.83 Å². The molecule has 0 aliphatic heterocycles. The number of aromatic nitrogens is 4. The fourth-order valence-electron chi connectivity index (χ4n) is 9.25. The molecule has 4 heterocycles. The van der Waals surface area contributed by atoms with Gasteiger partial charge in [0.05, 0.1) is 11.0 Å². The third-order valence-corrected chi connectivity index (χ3v) is 12.3. The molecule has 0 radical (unpaired) electrons. The number of hydrogen-bond acceptors (Lipinski definition) is 5. The first-order valence-corrected chi connectivity index (χ1v) is 19.5. The predicted molar refractivity (Wildman–Crippen MR) is 254 cm³/mol. The molecule has 6 nitrogen and oxygen atoms in total. The Labute approximate surface area is 333 Å². The van der Waals surface area contributed by atoms with Crippen molar-refractivity contribution in [3.05, 3.63) is 121 Å². The molecule has 12 heteroatoms. The Hall–Kier alpha value is -6.66. The summed E-state index contributed by atoms with van der Waals surface area (Å²) in [5, 5.41) is 6.85. The predicted octanol–water partition coefficient (Wildman–Crippen LogP) is 1.32. The molecule has 0 aliphatic carbocycles. The van der Waals surface area contributed by atoms with Crippen LogP contribution in [-0.4, -0.2) is 66.6 Å². The van der Waals surface area contributed by atoms with E-state index in [1.54, 1.807) is 0 Å². The third kappa shape index (κ3) is 4.76. The number of benzene rings is 7. The van der Waals surface area contributed by atoms with Crippen LogP contribution < -0.4 is 32.8 Å². The molecule has 11 rings (SSSR count). The maximum absolute atomic E-state index is 7.06. The molecule has 0 spiro atoms. The molecule has 0 saturated carbocycles. The summed E-state index contributed by atoms with van der Waals surface area (Å²) in [5.74, 6) is 1.91. The summed E-state index contributed by atoms with van der Waals surface area (Å²) >= 11 is 0. The lowest BCUT2D eigenvalue weighted by molar-refractivity contribution is 0.671. The quantitative estimate of drug-likeness (QED) is 0.257. The van der Waals surface area contributed by atoms with E-state index < -0.39 is 0 Å². The lowest BCUT2D eigenvalue weighted by atomic mass is 9.68. The second-order valence-corrected chi connectivity index (χ2v) is 15.3. The van der Waals surface area contributed by atoms with Crippen LogP contribution in [0.2, 0.25) is 0 Å². The lowest BCUT2D eigenvalue weighted by Crippen LogP contribution is -2.37. The standard InChI is InChI=1S/C45H32B6N4O2/c46-32-29-30-34(48)39(55-27-17-9-7-15-23(27)25-19-20-26-24-16-8-10-18-28(24)56-40(26)38(25)55)36(50)37(51)42(30)57-41(29)35(49)31(33(32)47)45-53-43(21-11-3-1-4-12-21)52-44(54-45)22-13-5-2-6-14-22/h1-20H,46-51H2. The summed E-state index contributed by atoms with van der Waals surface area (Å²) in [7, 11) is 13.2. The average Bonchev–Trinajstić information content (AvgIpc) is 3.94. The molecule has 0 amide bonds. The largest absolute Gasteiger partial charge is 0.457 e. The Morgan fingerprint density at radius 1 is 0.404 bits per heavy atom. The summed E-state index contributed by atoms with van der Waals surface area (Å²) in [6, 6.07) is 41.7. The second kappa shape index (κ2) is 12.4. The van der Waals surface area contributed by atoms with Gasteiger partial charge in [-0.3, -0.25) is 0 Å². The molecule has 0 fully saturated rings. The minimum absolute atomic E-state index is 0.633. The van der Waals surface area contributed by atoms with Gasteiger partial charge in [-0.15, -0.1) is 0 Å². The number of nitrogens with zero attached hydrogens (tertiary/aromatic N) is 4. The van der Waals surface area contributed by atoms with Gasteiger partial charge in [0.25, 0.3) is 0 Å². The zero-order valence-electron chi connectivity index (χ0n) is 32.7. The van der Waals surface area contributed by atoms with Gasteiger partial charge in [-0.2, -0.15) is 0 Å². The molecule has 0 unspecified atom stereocenters. The molecular formula is C45H32B6N4O2. The first-order valence-electron chi connectivity index (χ1n) is 19.5. The molecule has 0 bridgehead atoms. The van der Waals surface area contributed by atoms with Crippen LogP contribution in [0, 0.1) is 0 Å². The summed E-state index contributed by atoms with van der Waals surface area (Å²) < 4.78 is 16.2. The van der Waals surface area contributed by atoms with Gasteiger partial charge in [-0.1, -0.05) is 130 Å². The second-order valence-electron chi connectivity index (χ2n) is 15.3. The van der Waals surface area contributed by atoms with E-state index in [0.717, 1.165) is 105 Å². The number of hydrogen-bond donors (Lipinski definition) is 0. The van der Waals surface area contributed by atoms with E-state index in [0.29, 0.717) is 17.5 Å². The van der Waals surface area contributed by atoms with Crippen LogP contribution in [0.1, 0.15) is 0 Å². The van der Waals surface area contributed by atoms with Gasteiger partial charge in [-0.25, -0.2) is 15.0 Å². The van der Waals surface area contributed by atoms with E-state index in [2.05, 4.69) is 106 Å². The number of para-hydroxylation sites is 2. The fourth-order valence-corrected chi connectivity index (χ4v) is 9.25. The SMILES string of the molecule is Bc1c(-n2c3ccccc3c3ccc4c5ccccc5oc4c32)c(B)c2c(oc3c(B)c(-c4nc(-c5ccccc5)nc(-c5ccccc5)n4)c(B)c(B)c32)c1B. The highest BCUT2D eigenvalue weighted by Crippen LogP contribution is 2.40. The van der Waals surface area contributed by atoms with Crippen molar-refractivity contribution in [3.63, 3.8) is 0 Å². The van der Waals surface area contributed by atoms with Crippen LogP contribution in [0.5, 0.6) is 0 Å². The van der Waals surface area contributed by atoms with E-state index in [-0.39, 0.29) is 0 Å². The highest BCUT2D eigenvalue weighted by molar-refractivity contribution is 6.64. The van der Waals surface area contributed by atoms with Gasteiger partial charge < -0.3 is 13.4 Å². The Kier molecular flexibility index (Phi) is 7.34. The van der Waals surface area contributed by atoms with Crippen molar-refractivity contribution in [2.75, 3.05) is 0 Å². The van der Waals surface area contributed by atoms with Crippen LogP contribution in [0.25, 0.3) is 106 Å². The van der Waals surface area contributed by atoms with Gasteiger partial charge in [0.1, 0.15) is 63.8 Å². The molecule has 0 N–H and O–H groups in total. The molecule has 262 valence electrons. The van der Waals surface area contributed by atoms with E-state index in [1.807, 2.05) is 66.7 Å². The summed E-state index contributed by atoms with van der Waals surface area (Å²) in [6.07, 6.45) is 0. The Balaban J connectivity index is 1.21. The molecule has 0 saturated heterocycles. The van der Waals surface area contributed by atoms with Gasteiger partial charge in [0, 0.05) is 54.7 Å². The van der Waals surface area contributed by atoms with E-state index in [9.17, 15) is 0 Å². The maximum atomic E-state index is 7.06. The third-order valence-electron chi connectivity index (χ3n) is 12.3. The first kappa shape index (κ1) is 33.7. The van der Waals surface area contributed by atoms with Crippen molar-refractivity contribution in [2.45, 2.75) is 0 Å². The highest BCUT2D eigenvalue weighted by atomic mass is 16.3. The number of fused-ring (bicyclic) bond motifs is 10. The zero-order valence-corrected chi connectivity index (χ0v) is 32.7. The molecule has 11 aromatic rings. The summed E-state index contributed by atoms with van der Waals surface area (Å²) in [6.45, 7) is 0. The van der Waals surface area contributed by atoms with Crippen LogP contribution in [0.15, 0.2) is 130 Å². The van der Waals surface area contributed by atoms with Crippen LogP contribution >= 0.6 is 0 Å². The molecule has 7 aromatic carbocycles. The van der Waals surface area contributed by atoms with Crippen molar-refractivity contribution in [1.82, 2.24) is 19.5 Å². The van der Waals surface area contributed by atoms with Crippen molar-refractivity contribution in [2.24, 2.45) is 0 Å². The van der Waals surface area contributed by atoms with E-state index in [1.165, 1.54) is 16.2 Å². The van der Waals surface area contributed by atoms with Crippen molar-refractivity contribution in [1.29, 1.82) is 0 Å². The normalized spacial score (nSPS) is 11.9. The monoisotopic (exact) mass is 726 g/mol. The van der Waals surface area contributed by atoms with Gasteiger partial charge >= 0.3 is 0 Å². The topological polar surface area (TPSA) is 69.9 Å². The summed E-state index contributed by atoms with van der Waals surface area (Å²) in [5.41, 5.74) is 16.5. The Bertz CT molecular complexity index is 3430. The zero-order chi connectivity index (χ0) is 38.7. The highest BCUT2D eigenvalue weighted by Gasteiger charge is 2.27. The maximum Gasteiger partial charge on any atom is 0.164 e. The average molecular weight is 726 g/mol. The first-order chi connectivity index (χ1) is 27.8. The number of furan rings is 2.